The Morgan fingerprint density at radius 3 is 2.31 bits per heavy atom. The van der Waals surface area contributed by atoms with E-state index >= 15 is 0 Å². The van der Waals surface area contributed by atoms with Crippen molar-refractivity contribution < 1.29 is 18.1 Å². The summed E-state index contributed by atoms with van der Waals surface area (Å²) in [6, 6.07) is 14.8. The summed E-state index contributed by atoms with van der Waals surface area (Å²) in [6.45, 7) is 8.80. The van der Waals surface area contributed by atoms with Gasteiger partial charge in [-0.1, -0.05) is 50.2 Å². The maximum Gasteiger partial charge on any atom is 0.282 e. The first-order valence-electron chi connectivity index (χ1n) is 9.98. The van der Waals surface area contributed by atoms with Crippen molar-refractivity contribution in [2.45, 2.75) is 45.2 Å². The minimum absolute atomic E-state index is 0.145. The van der Waals surface area contributed by atoms with E-state index in [9.17, 15) is 13.2 Å². The highest BCUT2D eigenvalue weighted by molar-refractivity contribution is 7.89. The van der Waals surface area contributed by atoms with Crippen molar-refractivity contribution in [3.63, 3.8) is 0 Å². The molecule has 2 aromatic rings. The molecule has 2 N–H and O–H groups in total. The van der Waals surface area contributed by atoms with Crippen LogP contribution in [-0.4, -0.2) is 44.8 Å². The molecule has 6 nitrogen and oxygen atoms in total. The predicted molar refractivity (Wildman–Crippen MR) is 116 cm³/mol. The number of hydrogen-bond acceptors (Lipinski definition) is 3. The smallest absolute Gasteiger partial charge is 0.282 e. The standard InChI is InChI=1S/C22H31N3O3S/c1-6-25(7-2)29(27,28)21-15-20(14-13-17(21)3)23-22(26)18(4)24(5)16-19-11-9-8-10-12-19/h8-15,18H,6-7,16H2,1-5H3,(H,23,26)/p+1/t18-/m1/s1. The minimum Gasteiger partial charge on any atom is -0.324 e. The van der Waals surface area contributed by atoms with Gasteiger partial charge in [-0.2, -0.15) is 4.31 Å². The van der Waals surface area contributed by atoms with Crippen molar-refractivity contribution in [2.24, 2.45) is 0 Å². The van der Waals surface area contributed by atoms with E-state index in [4.69, 9.17) is 0 Å². The number of anilines is 1. The Kier molecular flexibility index (Phi) is 7.96. The Balaban J connectivity index is 2.16. The Labute approximate surface area is 174 Å². The molecule has 0 aromatic heterocycles. The number of hydrogen-bond donors (Lipinski definition) is 2. The number of sulfonamides is 1. The predicted octanol–water partition coefficient (Wildman–Crippen LogP) is 2.07. The largest absolute Gasteiger partial charge is 0.324 e. The zero-order valence-corrected chi connectivity index (χ0v) is 18.7. The van der Waals surface area contributed by atoms with Crippen LogP contribution in [0.4, 0.5) is 5.69 Å². The summed E-state index contributed by atoms with van der Waals surface area (Å²) >= 11 is 0. The van der Waals surface area contributed by atoms with Gasteiger partial charge in [-0.05, 0) is 31.5 Å². The van der Waals surface area contributed by atoms with Crippen molar-refractivity contribution in [1.29, 1.82) is 0 Å². The van der Waals surface area contributed by atoms with E-state index in [2.05, 4.69) is 5.32 Å². The molecule has 7 heteroatoms. The average Bonchev–Trinajstić information content (AvgIpc) is 2.70. The van der Waals surface area contributed by atoms with Crippen molar-refractivity contribution in [3.8, 4) is 0 Å². The zero-order chi connectivity index (χ0) is 21.6. The Morgan fingerprint density at radius 1 is 1.10 bits per heavy atom. The number of benzene rings is 2. The van der Waals surface area contributed by atoms with Gasteiger partial charge in [0.05, 0.1) is 11.9 Å². The van der Waals surface area contributed by atoms with Gasteiger partial charge in [0, 0.05) is 24.3 Å². The third-order valence-electron chi connectivity index (χ3n) is 5.24. The summed E-state index contributed by atoms with van der Waals surface area (Å²) in [5.41, 5.74) is 2.31. The van der Waals surface area contributed by atoms with Gasteiger partial charge in [0.25, 0.3) is 5.91 Å². The third-order valence-corrected chi connectivity index (χ3v) is 7.43. The third kappa shape index (κ3) is 5.65. The average molecular weight is 419 g/mol. The summed E-state index contributed by atoms with van der Waals surface area (Å²) < 4.78 is 27.2. The lowest BCUT2D eigenvalue weighted by Gasteiger charge is -2.22. The van der Waals surface area contributed by atoms with Crippen LogP contribution in [0.1, 0.15) is 31.9 Å². The van der Waals surface area contributed by atoms with Crippen LogP contribution in [0.3, 0.4) is 0 Å². The maximum absolute atomic E-state index is 12.9. The van der Waals surface area contributed by atoms with Crippen LogP contribution in [0.5, 0.6) is 0 Å². The second kappa shape index (κ2) is 10.0. The molecular formula is C22H32N3O3S+. The lowest BCUT2D eigenvalue weighted by molar-refractivity contribution is -0.907. The number of carbonyl (C=O) groups is 1. The monoisotopic (exact) mass is 418 g/mol. The molecule has 158 valence electrons. The zero-order valence-electron chi connectivity index (χ0n) is 17.9. The van der Waals surface area contributed by atoms with E-state index in [1.165, 1.54) is 4.31 Å². The topological polar surface area (TPSA) is 70.9 Å². The van der Waals surface area contributed by atoms with Gasteiger partial charge in [-0.3, -0.25) is 4.79 Å². The Morgan fingerprint density at radius 2 is 1.72 bits per heavy atom. The number of nitrogens with one attached hydrogen (secondary N) is 2. The quantitative estimate of drug-likeness (QED) is 0.655. The van der Waals surface area contributed by atoms with Gasteiger partial charge in [0.1, 0.15) is 6.54 Å². The second-order valence-electron chi connectivity index (χ2n) is 7.29. The highest BCUT2D eigenvalue weighted by atomic mass is 32.2. The van der Waals surface area contributed by atoms with Gasteiger partial charge in [-0.25, -0.2) is 8.42 Å². The normalized spacial score (nSPS) is 13.9. The summed E-state index contributed by atoms with van der Waals surface area (Å²) in [6.07, 6.45) is 0. The number of amides is 1. The van der Waals surface area contributed by atoms with Crippen LogP contribution >= 0.6 is 0 Å². The van der Waals surface area contributed by atoms with Gasteiger partial charge in [0.2, 0.25) is 10.0 Å². The minimum atomic E-state index is -3.59. The first-order chi connectivity index (χ1) is 13.7. The van der Waals surface area contributed by atoms with Crippen LogP contribution in [0.15, 0.2) is 53.4 Å². The molecule has 2 aromatic carbocycles. The van der Waals surface area contributed by atoms with Crippen molar-refractivity contribution in [3.05, 3.63) is 59.7 Å². The molecule has 29 heavy (non-hydrogen) atoms. The molecule has 0 saturated heterocycles. The SMILES string of the molecule is CCN(CC)S(=O)(=O)c1cc(NC(=O)[C@@H](C)[NH+](C)Cc2ccccc2)ccc1C. The first-order valence-corrected chi connectivity index (χ1v) is 11.4. The fourth-order valence-corrected chi connectivity index (χ4v) is 4.91. The van der Waals surface area contributed by atoms with Crippen LogP contribution in [0.2, 0.25) is 0 Å². The molecule has 0 saturated carbocycles. The molecule has 2 atom stereocenters. The number of nitrogens with zero attached hydrogens (tertiary/aromatic N) is 1. The van der Waals surface area contributed by atoms with Gasteiger partial charge in [-0.15, -0.1) is 0 Å². The molecule has 0 heterocycles. The van der Waals surface area contributed by atoms with Crippen molar-refractivity contribution in [1.82, 2.24) is 4.31 Å². The van der Waals surface area contributed by atoms with Crippen LogP contribution < -0.4 is 10.2 Å². The van der Waals surface area contributed by atoms with Crippen LogP contribution in [-0.2, 0) is 21.4 Å². The van der Waals surface area contributed by atoms with Crippen LogP contribution in [0, 0.1) is 6.92 Å². The highest BCUT2D eigenvalue weighted by Gasteiger charge is 2.26. The molecule has 1 amide bonds. The molecule has 2 rings (SSSR count). The van der Waals surface area contributed by atoms with E-state index < -0.39 is 10.0 Å². The maximum atomic E-state index is 12.9. The molecular weight excluding hydrogens is 386 g/mol. The highest BCUT2D eigenvalue weighted by Crippen LogP contribution is 2.23. The lowest BCUT2D eigenvalue weighted by Crippen LogP contribution is -3.12. The number of rotatable bonds is 9. The summed E-state index contributed by atoms with van der Waals surface area (Å²) in [5, 5.41) is 2.88. The molecule has 0 aliphatic carbocycles. The van der Waals surface area contributed by atoms with Gasteiger partial charge >= 0.3 is 0 Å². The molecule has 0 spiro atoms. The lowest BCUT2D eigenvalue weighted by atomic mass is 10.2. The number of aryl methyl sites for hydroxylation is 1. The number of quaternary nitrogens is 1. The summed E-state index contributed by atoms with van der Waals surface area (Å²) in [5.74, 6) is -0.145. The molecule has 0 aliphatic heterocycles. The molecule has 0 radical (unpaired) electrons. The Hall–Kier alpha value is -2.22. The summed E-state index contributed by atoms with van der Waals surface area (Å²) in [7, 11) is -1.62. The molecule has 0 bridgehead atoms. The molecule has 0 aliphatic rings. The first kappa shape index (κ1) is 23.1. The fourth-order valence-electron chi connectivity index (χ4n) is 3.20. The van der Waals surface area contributed by atoms with E-state index in [1.54, 1.807) is 25.1 Å². The van der Waals surface area contributed by atoms with E-state index in [-0.39, 0.29) is 16.8 Å². The summed E-state index contributed by atoms with van der Waals surface area (Å²) in [4.78, 5) is 14.0. The van der Waals surface area contributed by atoms with Gasteiger partial charge < -0.3 is 10.2 Å². The van der Waals surface area contributed by atoms with Crippen molar-refractivity contribution >= 4 is 21.6 Å². The Bertz CT molecular complexity index is 926. The van der Waals surface area contributed by atoms with E-state index in [1.807, 2.05) is 58.2 Å². The second-order valence-corrected chi connectivity index (χ2v) is 9.20. The number of carbonyl (C=O) groups excluding carboxylic acids is 1. The van der Waals surface area contributed by atoms with Gasteiger partial charge in [0.15, 0.2) is 6.04 Å². The number of likely N-dealkylation sites (N-methyl/N-ethyl adjacent to an activating group) is 1. The fraction of sp³-hybridized carbons (Fsp3) is 0.409. The molecule has 1 unspecified atom stereocenters. The van der Waals surface area contributed by atoms with Crippen LogP contribution in [0.25, 0.3) is 0 Å². The molecule has 0 fully saturated rings. The van der Waals surface area contributed by atoms with E-state index in [0.29, 0.717) is 24.3 Å². The van der Waals surface area contributed by atoms with E-state index in [0.717, 1.165) is 17.0 Å². The van der Waals surface area contributed by atoms with Crippen molar-refractivity contribution in [2.75, 3.05) is 25.5 Å².